The molecule has 1 amide bonds. The average Bonchev–Trinajstić information content (AvgIpc) is 2.34. The number of hydrogen-bond donors (Lipinski definition) is 2. The molecule has 19 heavy (non-hydrogen) atoms. The van der Waals surface area contributed by atoms with Crippen LogP contribution in [0.25, 0.3) is 0 Å². The van der Waals surface area contributed by atoms with Crippen LogP contribution in [-0.2, 0) is 11.3 Å². The minimum atomic E-state index is -0.361. The smallest absolute Gasteiger partial charge is 0.219 e. The van der Waals surface area contributed by atoms with Crippen LogP contribution in [0.4, 0.5) is 0 Å². The Bertz CT molecular complexity index is 444. The summed E-state index contributed by atoms with van der Waals surface area (Å²) in [5.41, 5.74) is 5.84. The number of methoxy groups -OCH3 is 2. The van der Waals surface area contributed by atoms with Gasteiger partial charge in [-0.3, -0.25) is 4.79 Å². The van der Waals surface area contributed by atoms with Crippen molar-refractivity contribution in [3.63, 3.8) is 0 Å². The van der Waals surface area contributed by atoms with Crippen LogP contribution in [0.5, 0.6) is 11.5 Å². The molecule has 0 fully saturated rings. The van der Waals surface area contributed by atoms with E-state index in [1.165, 1.54) is 0 Å². The number of carbonyl (C=O) groups is 1. The number of primary amides is 1. The molecule has 1 rings (SSSR count). The van der Waals surface area contributed by atoms with Gasteiger partial charge in [0.15, 0.2) is 0 Å². The van der Waals surface area contributed by atoms with Crippen molar-refractivity contribution in [2.75, 3.05) is 14.2 Å². The second-order valence-corrected chi connectivity index (χ2v) is 5.06. The first-order valence-electron chi connectivity index (χ1n) is 6.12. The van der Waals surface area contributed by atoms with Crippen LogP contribution in [0.2, 0.25) is 0 Å². The molecule has 5 nitrogen and oxygen atoms in total. The molecular weight excluding hydrogens is 244 g/mol. The number of nitrogens with one attached hydrogen (secondary N) is 1. The summed E-state index contributed by atoms with van der Waals surface area (Å²) >= 11 is 0. The molecule has 0 saturated heterocycles. The van der Waals surface area contributed by atoms with Crippen molar-refractivity contribution in [1.29, 1.82) is 0 Å². The van der Waals surface area contributed by atoms with Crippen molar-refractivity contribution in [3.05, 3.63) is 23.8 Å². The Balaban J connectivity index is 2.78. The van der Waals surface area contributed by atoms with Crippen LogP contribution in [0.15, 0.2) is 18.2 Å². The molecule has 0 atom stereocenters. The van der Waals surface area contributed by atoms with Gasteiger partial charge in [-0.05, 0) is 32.0 Å². The van der Waals surface area contributed by atoms with Gasteiger partial charge in [-0.15, -0.1) is 0 Å². The maximum Gasteiger partial charge on any atom is 0.219 e. The van der Waals surface area contributed by atoms with Gasteiger partial charge in [0.1, 0.15) is 11.5 Å². The molecule has 1 aromatic carbocycles. The number of amides is 1. The second kappa shape index (κ2) is 6.43. The van der Waals surface area contributed by atoms with Crippen molar-refractivity contribution in [2.45, 2.75) is 32.4 Å². The highest BCUT2D eigenvalue weighted by Gasteiger charge is 2.20. The third kappa shape index (κ3) is 4.79. The number of rotatable bonds is 7. The van der Waals surface area contributed by atoms with Crippen LogP contribution >= 0.6 is 0 Å². The largest absolute Gasteiger partial charge is 0.497 e. The van der Waals surface area contributed by atoms with Crippen molar-refractivity contribution < 1.29 is 14.3 Å². The first kappa shape index (κ1) is 15.3. The average molecular weight is 266 g/mol. The predicted molar refractivity (Wildman–Crippen MR) is 74.3 cm³/mol. The summed E-state index contributed by atoms with van der Waals surface area (Å²) in [4.78, 5) is 11.0. The molecule has 0 spiro atoms. The van der Waals surface area contributed by atoms with Gasteiger partial charge >= 0.3 is 0 Å². The highest BCUT2D eigenvalue weighted by Crippen LogP contribution is 2.24. The maximum atomic E-state index is 11.0. The Morgan fingerprint density at radius 1 is 1.32 bits per heavy atom. The standard InChI is InChI=1S/C14H22N2O3/c1-14(2,8-13(15)17)16-9-10-7-11(18-3)5-6-12(10)19-4/h5-7,16H,8-9H2,1-4H3,(H2,15,17). The maximum absolute atomic E-state index is 11.0. The van der Waals surface area contributed by atoms with E-state index in [0.717, 1.165) is 17.1 Å². The lowest BCUT2D eigenvalue weighted by atomic mass is 9.99. The Labute approximate surface area is 114 Å². The summed E-state index contributed by atoms with van der Waals surface area (Å²) in [6, 6.07) is 5.61. The number of nitrogens with two attached hydrogens (primary N) is 1. The molecule has 0 unspecified atom stereocenters. The van der Waals surface area contributed by atoms with E-state index < -0.39 is 0 Å². The Morgan fingerprint density at radius 2 is 2.00 bits per heavy atom. The fourth-order valence-corrected chi connectivity index (χ4v) is 1.85. The summed E-state index contributed by atoms with van der Waals surface area (Å²) < 4.78 is 10.5. The summed E-state index contributed by atoms with van der Waals surface area (Å²) in [6.07, 6.45) is 0.277. The van der Waals surface area contributed by atoms with Crippen molar-refractivity contribution in [1.82, 2.24) is 5.32 Å². The quantitative estimate of drug-likeness (QED) is 0.783. The monoisotopic (exact) mass is 266 g/mol. The molecule has 0 saturated carbocycles. The van der Waals surface area contributed by atoms with E-state index in [2.05, 4.69) is 5.32 Å². The predicted octanol–water partition coefficient (Wildman–Crippen LogP) is 1.45. The fourth-order valence-electron chi connectivity index (χ4n) is 1.85. The minimum Gasteiger partial charge on any atom is -0.497 e. The Morgan fingerprint density at radius 3 is 2.53 bits per heavy atom. The molecule has 0 heterocycles. The third-order valence-corrected chi connectivity index (χ3v) is 2.86. The van der Waals surface area contributed by atoms with Crippen molar-refractivity contribution in [2.24, 2.45) is 5.73 Å². The third-order valence-electron chi connectivity index (χ3n) is 2.86. The van der Waals surface area contributed by atoms with E-state index >= 15 is 0 Å². The second-order valence-electron chi connectivity index (χ2n) is 5.06. The number of carbonyl (C=O) groups excluding carboxylic acids is 1. The molecule has 0 aliphatic carbocycles. The van der Waals surface area contributed by atoms with E-state index in [1.807, 2.05) is 32.0 Å². The van der Waals surface area contributed by atoms with Crippen LogP contribution in [0.3, 0.4) is 0 Å². The number of benzene rings is 1. The van der Waals surface area contributed by atoms with Crippen molar-refractivity contribution in [3.8, 4) is 11.5 Å². The minimum absolute atomic E-state index is 0.277. The lowest BCUT2D eigenvalue weighted by Crippen LogP contribution is -2.42. The molecule has 1 aromatic rings. The summed E-state index contributed by atoms with van der Waals surface area (Å²) in [5, 5.41) is 3.30. The van der Waals surface area contributed by atoms with E-state index in [1.54, 1.807) is 14.2 Å². The van der Waals surface area contributed by atoms with E-state index in [-0.39, 0.29) is 17.9 Å². The zero-order chi connectivity index (χ0) is 14.5. The highest BCUT2D eigenvalue weighted by molar-refractivity contribution is 5.75. The zero-order valence-electron chi connectivity index (χ0n) is 11.9. The molecule has 106 valence electrons. The van der Waals surface area contributed by atoms with Crippen LogP contribution in [0.1, 0.15) is 25.8 Å². The summed E-state index contributed by atoms with van der Waals surface area (Å²) in [6.45, 7) is 4.44. The molecule has 0 aliphatic heterocycles. The van der Waals surface area contributed by atoms with Crippen LogP contribution < -0.4 is 20.5 Å². The van der Waals surface area contributed by atoms with Gasteiger partial charge in [0.25, 0.3) is 0 Å². The zero-order valence-corrected chi connectivity index (χ0v) is 11.9. The molecule has 0 aromatic heterocycles. The first-order chi connectivity index (χ1) is 8.88. The van der Waals surface area contributed by atoms with Crippen LogP contribution in [0, 0.1) is 0 Å². The lowest BCUT2D eigenvalue weighted by Gasteiger charge is -2.25. The van der Waals surface area contributed by atoms with E-state index in [4.69, 9.17) is 15.2 Å². The fraction of sp³-hybridized carbons (Fsp3) is 0.500. The number of ether oxygens (including phenoxy) is 2. The Kier molecular flexibility index (Phi) is 5.18. The van der Waals surface area contributed by atoms with Crippen LogP contribution in [-0.4, -0.2) is 25.7 Å². The molecule has 0 aliphatic rings. The molecule has 5 heteroatoms. The topological polar surface area (TPSA) is 73.6 Å². The van der Waals surface area contributed by atoms with E-state index in [0.29, 0.717) is 6.54 Å². The molecule has 0 radical (unpaired) electrons. The van der Waals surface area contributed by atoms with Gasteiger partial charge in [-0.25, -0.2) is 0 Å². The summed E-state index contributed by atoms with van der Waals surface area (Å²) in [7, 11) is 3.25. The van der Waals surface area contributed by atoms with Gasteiger partial charge in [-0.1, -0.05) is 0 Å². The lowest BCUT2D eigenvalue weighted by molar-refractivity contribution is -0.119. The molecular formula is C14H22N2O3. The van der Waals surface area contributed by atoms with Gasteiger partial charge in [0.2, 0.25) is 5.91 Å². The van der Waals surface area contributed by atoms with Gasteiger partial charge in [0, 0.05) is 24.1 Å². The Hall–Kier alpha value is -1.75. The van der Waals surface area contributed by atoms with Gasteiger partial charge in [0.05, 0.1) is 14.2 Å². The van der Waals surface area contributed by atoms with Gasteiger partial charge in [-0.2, -0.15) is 0 Å². The SMILES string of the molecule is COc1ccc(OC)c(CNC(C)(C)CC(N)=O)c1. The molecule has 0 bridgehead atoms. The van der Waals surface area contributed by atoms with Crippen molar-refractivity contribution >= 4 is 5.91 Å². The highest BCUT2D eigenvalue weighted by atomic mass is 16.5. The number of hydrogen-bond acceptors (Lipinski definition) is 4. The summed E-state index contributed by atoms with van der Waals surface area (Å²) in [5.74, 6) is 1.23. The first-order valence-corrected chi connectivity index (χ1v) is 6.12. The normalized spacial score (nSPS) is 11.2. The molecule has 3 N–H and O–H groups in total. The van der Waals surface area contributed by atoms with Gasteiger partial charge < -0.3 is 20.5 Å². The van der Waals surface area contributed by atoms with E-state index in [9.17, 15) is 4.79 Å².